The van der Waals surface area contributed by atoms with E-state index in [0.29, 0.717) is 42.1 Å². The number of rotatable bonds is 7. The second-order valence-electron chi connectivity index (χ2n) is 7.53. The zero-order valence-electron chi connectivity index (χ0n) is 15.5. The molecule has 26 heavy (non-hydrogen) atoms. The van der Waals surface area contributed by atoms with Gasteiger partial charge in [-0.3, -0.25) is 4.79 Å². The molecule has 144 valence electrons. The molecule has 0 unspecified atom stereocenters. The Balaban J connectivity index is 1.82. The van der Waals surface area contributed by atoms with Crippen LogP contribution in [-0.4, -0.2) is 31.1 Å². The Bertz CT molecular complexity index is 610. The largest absolute Gasteiger partial charge is 0.382 e. The quantitative estimate of drug-likeness (QED) is 0.597. The summed E-state index contributed by atoms with van der Waals surface area (Å²) in [6.07, 6.45) is 10.3. The van der Waals surface area contributed by atoms with Crippen LogP contribution in [-0.2, 0) is 0 Å². The van der Waals surface area contributed by atoms with Gasteiger partial charge in [-0.25, -0.2) is 4.39 Å². The first-order valence-corrected chi connectivity index (χ1v) is 10.0. The predicted octanol–water partition coefficient (Wildman–Crippen LogP) is 3.61. The molecule has 0 radical (unpaired) electrons. The summed E-state index contributed by atoms with van der Waals surface area (Å²) in [5.74, 6) is -0.649. The molecule has 0 aromatic heterocycles. The van der Waals surface area contributed by atoms with Gasteiger partial charge in [0.15, 0.2) is 0 Å². The van der Waals surface area contributed by atoms with E-state index in [1.807, 2.05) is 0 Å². The Hall–Kier alpha value is -1.82. The van der Waals surface area contributed by atoms with Crippen molar-refractivity contribution in [2.75, 3.05) is 23.7 Å². The molecule has 0 heterocycles. The molecule has 0 atom stereocenters. The van der Waals surface area contributed by atoms with Crippen molar-refractivity contribution in [1.29, 1.82) is 0 Å². The van der Waals surface area contributed by atoms with E-state index in [4.69, 9.17) is 5.73 Å². The first-order valence-electron chi connectivity index (χ1n) is 10.0. The Morgan fingerprint density at radius 3 is 2.15 bits per heavy atom. The zero-order chi connectivity index (χ0) is 18.4. The molecule has 1 aromatic rings. The fourth-order valence-electron chi connectivity index (χ4n) is 4.03. The Morgan fingerprint density at radius 1 is 0.962 bits per heavy atom. The number of carbonyl (C=O) groups excluding carboxylic acids is 1. The van der Waals surface area contributed by atoms with Crippen molar-refractivity contribution in [3.8, 4) is 0 Å². The van der Waals surface area contributed by atoms with Gasteiger partial charge < -0.3 is 21.7 Å². The van der Waals surface area contributed by atoms with Gasteiger partial charge >= 0.3 is 0 Å². The molecule has 2 aliphatic carbocycles. The molecule has 3 rings (SSSR count). The van der Waals surface area contributed by atoms with Crippen molar-refractivity contribution in [1.82, 2.24) is 5.32 Å². The maximum absolute atomic E-state index is 14.7. The maximum Gasteiger partial charge on any atom is 0.253 e. The average molecular weight is 362 g/mol. The van der Waals surface area contributed by atoms with Gasteiger partial charge in [-0.05, 0) is 37.8 Å². The molecule has 6 heteroatoms. The molecule has 0 bridgehead atoms. The lowest BCUT2D eigenvalue weighted by atomic mass is 9.95. The molecule has 0 aliphatic heterocycles. The molecular formula is C20H31FN4O. The van der Waals surface area contributed by atoms with Crippen molar-refractivity contribution in [2.45, 2.75) is 69.9 Å². The highest BCUT2D eigenvalue weighted by molar-refractivity contribution is 6.00. The molecule has 5 N–H and O–H groups in total. The van der Waals surface area contributed by atoms with E-state index in [1.54, 1.807) is 6.07 Å². The van der Waals surface area contributed by atoms with Crippen molar-refractivity contribution in [3.63, 3.8) is 0 Å². The lowest BCUT2D eigenvalue weighted by molar-refractivity contribution is 0.0955. The summed E-state index contributed by atoms with van der Waals surface area (Å²) in [6.45, 7) is 0.742. The fourth-order valence-corrected chi connectivity index (χ4v) is 4.03. The molecule has 0 saturated heterocycles. The smallest absolute Gasteiger partial charge is 0.253 e. The topological polar surface area (TPSA) is 79.2 Å². The van der Waals surface area contributed by atoms with Gasteiger partial charge in [-0.2, -0.15) is 0 Å². The van der Waals surface area contributed by atoms with Gasteiger partial charge in [0.25, 0.3) is 5.91 Å². The summed E-state index contributed by atoms with van der Waals surface area (Å²) in [4.78, 5) is 12.5. The van der Waals surface area contributed by atoms with Crippen LogP contribution in [0.2, 0.25) is 0 Å². The van der Waals surface area contributed by atoms with Crippen LogP contribution in [0.25, 0.3) is 0 Å². The monoisotopic (exact) mass is 362 g/mol. The fraction of sp³-hybridized carbons (Fsp3) is 0.650. The van der Waals surface area contributed by atoms with E-state index in [0.717, 1.165) is 25.7 Å². The van der Waals surface area contributed by atoms with Crippen LogP contribution in [0, 0.1) is 5.82 Å². The molecule has 2 fully saturated rings. The summed E-state index contributed by atoms with van der Waals surface area (Å²) in [5, 5.41) is 9.58. The van der Waals surface area contributed by atoms with E-state index in [9.17, 15) is 9.18 Å². The van der Waals surface area contributed by atoms with Crippen molar-refractivity contribution in [2.24, 2.45) is 5.73 Å². The molecule has 2 aliphatic rings. The number of hydrogen-bond donors (Lipinski definition) is 4. The van der Waals surface area contributed by atoms with Gasteiger partial charge in [-0.1, -0.05) is 32.1 Å². The van der Waals surface area contributed by atoms with Gasteiger partial charge in [0.05, 0.1) is 11.3 Å². The molecular weight excluding hydrogens is 331 g/mol. The third-order valence-electron chi connectivity index (χ3n) is 5.46. The minimum absolute atomic E-state index is 0.279. The highest BCUT2D eigenvalue weighted by atomic mass is 19.1. The van der Waals surface area contributed by atoms with E-state index in [-0.39, 0.29) is 11.7 Å². The van der Waals surface area contributed by atoms with Crippen molar-refractivity contribution < 1.29 is 9.18 Å². The van der Waals surface area contributed by atoms with E-state index >= 15 is 0 Å². The molecule has 1 amide bonds. The lowest BCUT2D eigenvalue weighted by Gasteiger charge is -2.25. The number of benzene rings is 1. The van der Waals surface area contributed by atoms with Crippen LogP contribution >= 0.6 is 0 Å². The van der Waals surface area contributed by atoms with E-state index in [1.165, 1.54) is 38.2 Å². The summed E-state index contributed by atoms with van der Waals surface area (Å²) in [6, 6.07) is 3.80. The SMILES string of the molecule is NCCNC(=O)c1cc(F)c(NC2CCCCC2)cc1NC1CCCC1. The van der Waals surface area contributed by atoms with Crippen LogP contribution in [0.3, 0.4) is 0 Å². The van der Waals surface area contributed by atoms with Crippen LogP contribution < -0.4 is 21.7 Å². The highest BCUT2D eigenvalue weighted by Gasteiger charge is 2.22. The zero-order valence-corrected chi connectivity index (χ0v) is 15.5. The van der Waals surface area contributed by atoms with Crippen molar-refractivity contribution in [3.05, 3.63) is 23.5 Å². The molecule has 1 aromatic carbocycles. The predicted molar refractivity (Wildman–Crippen MR) is 104 cm³/mol. The van der Waals surface area contributed by atoms with Crippen LogP contribution in [0.5, 0.6) is 0 Å². The second kappa shape index (κ2) is 9.21. The molecule has 2 saturated carbocycles. The molecule has 5 nitrogen and oxygen atoms in total. The number of halogens is 1. The molecule has 0 spiro atoms. The maximum atomic E-state index is 14.7. The number of carbonyl (C=O) groups is 1. The minimum Gasteiger partial charge on any atom is -0.382 e. The lowest BCUT2D eigenvalue weighted by Crippen LogP contribution is -2.30. The summed E-state index contributed by atoms with van der Waals surface area (Å²) in [7, 11) is 0. The Labute approximate surface area is 155 Å². The number of anilines is 2. The summed E-state index contributed by atoms with van der Waals surface area (Å²) in [5.41, 5.74) is 7.03. The third kappa shape index (κ3) is 4.87. The first kappa shape index (κ1) is 19.0. The van der Waals surface area contributed by atoms with Gasteiger partial charge in [0.1, 0.15) is 5.82 Å². The summed E-state index contributed by atoms with van der Waals surface area (Å²) >= 11 is 0. The summed E-state index contributed by atoms with van der Waals surface area (Å²) < 4.78 is 14.7. The number of nitrogens with one attached hydrogen (secondary N) is 3. The van der Waals surface area contributed by atoms with Crippen LogP contribution in [0.1, 0.15) is 68.1 Å². The second-order valence-corrected chi connectivity index (χ2v) is 7.53. The first-order chi connectivity index (χ1) is 12.7. The minimum atomic E-state index is -0.370. The standard InChI is InChI=1S/C20H31FN4O/c21-17-12-16(20(26)23-11-10-22)18(24-14-8-4-5-9-14)13-19(17)25-15-6-2-1-3-7-15/h12-15,24-25H,1-11,22H2,(H,23,26). The Kier molecular flexibility index (Phi) is 6.72. The third-order valence-corrected chi connectivity index (χ3v) is 5.46. The van der Waals surface area contributed by atoms with Gasteiger partial charge in [-0.15, -0.1) is 0 Å². The van der Waals surface area contributed by atoms with Crippen LogP contribution in [0.4, 0.5) is 15.8 Å². The van der Waals surface area contributed by atoms with E-state index in [2.05, 4.69) is 16.0 Å². The average Bonchev–Trinajstić information content (AvgIpc) is 3.16. The Morgan fingerprint density at radius 2 is 1.54 bits per heavy atom. The normalized spacial score (nSPS) is 18.7. The highest BCUT2D eigenvalue weighted by Crippen LogP contribution is 2.30. The number of amides is 1. The number of hydrogen-bond acceptors (Lipinski definition) is 4. The van der Waals surface area contributed by atoms with E-state index < -0.39 is 0 Å². The number of nitrogens with two attached hydrogens (primary N) is 1. The van der Waals surface area contributed by atoms with Gasteiger partial charge in [0.2, 0.25) is 0 Å². The van der Waals surface area contributed by atoms with Crippen LogP contribution in [0.15, 0.2) is 12.1 Å². The van der Waals surface area contributed by atoms with Crippen molar-refractivity contribution >= 4 is 17.3 Å². The van der Waals surface area contributed by atoms with Gasteiger partial charge in [0, 0.05) is 30.9 Å².